The molecule has 2 aromatic rings. The number of benzene rings is 1. The second-order valence-electron chi connectivity index (χ2n) is 4.28. The lowest BCUT2D eigenvalue weighted by molar-refractivity contribution is 0.409. The van der Waals surface area contributed by atoms with Crippen LogP contribution in [0.5, 0.6) is 5.75 Å². The zero-order valence-corrected chi connectivity index (χ0v) is 14.2. The Morgan fingerprint density at radius 1 is 1.26 bits per heavy atom. The molecule has 1 aromatic heterocycles. The molecule has 1 N–H and O–H groups in total. The summed E-state index contributed by atoms with van der Waals surface area (Å²) in [6.07, 6.45) is 0. The van der Waals surface area contributed by atoms with Crippen LogP contribution in [0.3, 0.4) is 0 Å². The molecule has 0 unspecified atom stereocenters. The van der Waals surface area contributed by atoms with Gasteiger partial charge >= 0.3 is 0 Å². The van der Waals surface area contributed by atoms with E-state index in [1.54, 1.807) is 7.11 Å². The van der Waals surface area contributed by atoms with Gasteiger partial charge < -0.3 is 14.5 Å². The number of nitrogens with one attached hydrogen (secondary N) is 1. The number of methoxy groups -OCH3 is 1. The van der Waals surface area contributed by atoms with Crippen molar-refractivity contribution < 1.29 is 9.15 Å². The van der Waals surface area contributed by atoms with Crippen LogP contribution in [0.1, 0.15) is 16.9 Å². The molecule has 1 heterocycles. The number of anilines is 1. The summed E-state index contributed by atoms with van der Waals surface area (Å²) in [5, 5.41) is 3.36. The monoisotopic (exact) mass is 387 g/mol. The predicted molar refractivity (Wildman–Crippen MR) is 83.9 cm³/mol. The molecule has 0 aliphatic rings. The van der Waals surface area contributed by atoms with Crippen molar-refractivity contribution in [1.29, 1.82) is 0 Å². The molecule has 0 aliphatic heterocycles. The van der Waals surface area contributed by atoms with Gasteiger partial charge in [0.05, 0.1) is 18.1 Å². The molecule has 0 atom stereocenters. The predicted octanol–water partition coefficient (Wildman–Crippen LogP) is 5.04. The average Bonchev–Trinajstić information content (AvgIpc) is 2.68. The summed E-state index contributed by atoms with van der Waals surface area (Å²) in [5.41, 5.74) is 3.28. The molecule has 0 saturated carbocycles. The summed E-state index contributed by atoms with van der Waals surface area (Å²) in [4.78, 5) is 0. The van der Waals surface area contributed by atoms with Crippen LogP contribution < -0.4 is 10.1 Å². The average molecular weight is 389 g/mol. The molecule has 0 radical (unpaired) electrons. The summed E-state index contributed by atoms with van der Waals surface area (Å²) in [5.74, 6) is 1.78. The van der Waals surface area contributed by atoms with E-state index in [1.165, 1.54) is 0 Å². The molecule has 0 amide bonds. The summed E-state index contributed by atoms with van der Waals surface area (Å²) >= 11 is 6.73. The van der Waals surface area contributed by atoms with Crippen molar-refractivity contribution in [3.05, 3.63) is 44.2 Å². The lowest BCUT2D eigenvalue weighted by atomic mass is 10.1. The highest BCUT2D eigenvalue weighted by atomic mass is 79.9. The molecule has 1 aromatic carbocycles. The van der Waals surface area contributed by atoms with E-state index in [-0.39, 0.29) is 0 Å². The highest BCUT2D eigenvalue weighted by Crippen LogP contribution is 2.30. The summed E-state index contributed by atoms with van der Waals surface area (Å²) in [7, 11) is 1.69. The number of ether oxygens (including phenoxy) is 1. The largest absolute Gasteiger partial charge is 0.496 e. The molecule has 3 nitrogen and oxygen atoms in total. The Morgan fingerprint density at radius 2 is 2.00 bits per heavy atom. The zero-order valence-electron chi connectivity index (χ0n) is 11.0. The minimum Gasteiger partial charge on any atom is -0.496 e. The number of hydrogen-bond donors (Lipinski definition) is 1. The molecular weight excluding hydrogens is 374 g/mol. The Morgan fingerprint density at radius 3 is 2.58 bits per heavy atom. The van der Waals surface area contributed by atoms with Gasteiger partial charge in [0.1, 0.15) is 11.5 Å². The number of furan rings is 1. The van der Waals surface area contributed by atoms with Crippen molar-refractivity contribution in [2.24, 2.45) is 0 Å². The van der Waals surface area contributed by atoms with Crippen molar-refractivity contribution >= 4 is 37.5 Å². The molecule has 2 rings (SSSR count). The van der Waals surface area contributed by atoms with Gasteiger partial charge in [-0.25, -0.2) is 0 Å². The number of aryl methyl sites for hydroxylation is 1. The molecule has 0 aliphatic carbocycles. The highest BCUT2D eigenvalue weighted by Gasteiger charge is 2.09. The first-order valence-corrected chi connectivity index (χ1v) is 7.43. The lowest BCUT2D eigenvalue weighted by Gasteiger charge is -2.14. The maximum absolute atomic E-state index is 5.53. The van der Waals surface area contributed by atoms with E-state index in [4.69, 9.17) is 9.15 Å². The minimum absolute atomic E-state index is 0.622. The third-order valence-electron chi connectivity index (χ3n) is 2.96. The lowest BCUT2D eigenvalue weighted by Crippen LogP contribution is -2.02. The van der Waals surface area contributed by atoms with Crippen LogP contribution in [0.15, 0.2) is 31.8 Å². The Bertz CT molecular complexity index is 574. The normalized spacial score (nSPS) is 10.6. The van der Waals surface area contributed by atoms with Crippen LogP contribution in [0, 0.1) is 13.8 Å². The highest BCUT2D eigenvalue weighted by molar-refractivity contribution is 9.13. The van der Waals surface area contributed by atoms with Crippen molar-refractivity contribution in [3.8, 4) is 5.75 Å². The molecule has 0 bridgehead atoms. The standard InChI is InChI=1S/C14H15Br2NO2/c1-8-4-5-12(9(2)13(8)18-3)17-7-10-6-11(15)14(16)19-10/h4-6,17H,7H2,1-3H3. The van der Waals surface area contributed by atoms with Gasteiger partial charge in [0, 0.05) is 11.3 Å². The van der Waals surface area contributed by atoms with Gasteiger partial charge in [-0.15, -0.1) is 0 Å². The summed E-state index contributed by atoms with van der Waals surface area (Å²) < 4.78 is 12.6. The van der Waals surface area contributed by atoms with Gasteiger partial charge in [0.15, 0.2) is 4.67 Å². The first-order valence-electron chi connectivity index (χ1n) is 5.84. The first-order chi connectivity index (χ1) is 9.02. The third kappa shape index (κ3) is 3.15. The van der Waals surface area contributed by atoms with Crippen molar-refractivity contribution in [1.82, 2.24) is 0 Å². The second-order valence-corrected chi connectivity index (χ2v) is 5.85. The van der Waals surface area contributed by atoms with E-state index in [9.17, 15) is 0 Å². The van der Waals surface area contributed by atoms with Crippen LogP contribution in [0.25, 0.3) is 0 Å². The number of halogens is 2. The molecular formula is C14H15Br2NO2. The van der Waals surface area contributed by atoms with Gasteiger partial charge in [-0.2, -0.15) is 0 Å². The minimum atomic E-state index is 0.622. The molecule has 0 spiro atoms. The Balaban J connectivity index is 2.16. The van der Waals surface area contributed by atoms with E-state index < -0.39 is 0 Å². The third-order valence-corrected chi connectivity index (χ3v) is 4.67. The molecule has 102 valence electrons. The molecule has 19 heavy (non-hydrogen) atoms. The molecule has 5 heteroatoms. The topological polar surface area (TPSA) is 34.4 Å². The maximum atomic E-state index is 5.53. The van der Waals surface area contributed by atoms with Crippen LogP contribution >= 0.6 is 31.9 Å². The van der Waals surface area contributed by atoms with Crippen LogP contribution in [-0.4, -0.2) is 7.11 Å². The maximum Gasteiger partial charge on any atom is 0.183 e. The molecule has 0 fully saturated rings. The van der Waals surface area contributed by atoms with Gasteiger partial charge in [-0.05, 0) is 63.4 Å². The second kappa shape index (κ2) is 6.01. The smallest absolute Gasteiger partial charge is 0.183 e. The fourth-order valence-electron chi connectivity index (χ4n) is 1.99. The van der Waals surface area contributed by atoms with E-state index in [1.807, 2.05) is 26.0 Å². The fourth-order valence-corrected chi connectivity index (χ4v) is 2.65. The fraction of sp³-hybridized carbons (Fsp3) is 0.286. The van der Waals surface area contributed by atoms with Gasteiger partial charge in [0.2, 0.25) is 0 Å². The van der Waals surface area contributed by atoms with Crippen molar-refractivity contribution in [2.75, 3.05) is 12.4 Å². The van der Waals surface area contributed by atoms with Gasteiger partial charge in [-0.3, -0.25) is 0 Å². The van der Waals surface area contributed by atoms with Crippen LogP contribution in [-0.2, 0) is 6.54 Å². The Kier molecular flexibility index (Phi) is 4.58. The van der Waals surface area contributed by atoms with Crippen molar-refractivity contribution in [3.63, 3.8) is 0 Å². The SMILES string of the molecule is COc1c(C)ccc(NCc2cc(Br)c(Br)o2)c1C. The van der Waals surface area contributed by atoms with Gasteiger partial charge in [-0.1, -0.05) is 6.07 Å². The van der Waals surface area contributed by atoms with Gasteiger partial charge in [0.25, 0.3) is 0 Å². The van der Waals surface area contributed by atoms with Crippen LogP contribution in [0.2, 0.25) is 0 Å². The van der Waals surface area contributed by atoms with E-state index in [0.29, 0.717) is 11.2 Å². The quantitative estimate of drug-likeness (QED) is 0.796. The first kappa shape index (κ1) is 14.5. The Hall–Kier alpha value is -0.940. The van der Waals surface area contributed by atoms with E-state index in [2.05, 4.69) is 43.2 Å². The summed E-state index contributed by atoms with van der Waals surface area (Å²) in [6, 6.07) is 6.04. The number of hydrogen-bond acceptors (Lipinski definition) is 3. The zero-order chi connectivity index (χ0) is 14.0. The molecule has 0 saturated heterocycles. The Labute approximate surface area is 129 Å². The van der Waals surface area contributed by atoms with E-state index in [0.717, 1.165) is 32.8 Å². The van der Waals surface area contributed by atoms with Crippen molar-refractivity contribution in [2.45, 2.75) is 20.4 Å². The van der Waals surface area contributed by atoms with E-state index >= 15 is 0 Å². The summed E-state index contributed by atoms with van der Waals surface area (Å²) in [6.45, 7) is 4.70. The van der Waals surface area contributed by atoms with Crippen LogP contribution in [0.4, 0.5) is 5.69 Å². The number of rotatable bonds is 4.